The standard InChI is InChI=1S/C10H8N2OS/c13-10(5-8-2-4-14-6-8)9-1-3-11-7-12-9/h1-4,6-7H,5H2. The first-order valence-corrected chi connectivity index (χ1v) is 5.11. The van der Waals surface area contributed by atoms with Crippen molar-refractivity contribution in [2.75, 3.05) is 0 Å². The van der Waals surface area contributed by atoms with Crippen LogP contribution in [0.3, 0.4) is 0 Å². The molecule has 0 unspecified atom stereocenters. The van der Waals surface area contributed by atoms with E-state index in [9.17, 15) is 4.79 Å². The lowest BCUT2D eigenvalue weighted by Gasteiger charge is -1.96. The van der Waals surface area contributed by atoms with Crippen molar-refractivity contribution in [2.24, 2.45) is 0 Å². The molecule has 2 aromatic heterocycles. The molecule has 4 heteroatoms. The molecule has 3 nitrogen and oxygen atoms in total. The Morgan fingerprint density at radius 3 is 3.00 bits per heavy atom. The van der Waals surface area contributed by atoms with E-state index in [1.165, 1.54) is 6.33 Å². The Hall–Kier alpha value is -1.55. The number of nitrogens with zero attached hydrogens (tertiary/aromatic N) is 2. The number of hydrogen-bond donors (Lipinski definition) is 0. The van der Waals surface area contributed by atoms with E-state index < -0.39 is 0 Å². The molecule has 0 bridgehead atoms. The normalized spacial score (nSPS) is 10.0. The fourth-order valence-corrected chi connectivity index (χ4v) is 1.79. The van der Waals surface area contributed by atoms with Gasteiger partial charge in [-0.1, -0.05) is 0 Å². The fraction of sp³-hybridized carbons (Fsp3) is 0.100. The molecule has 0 aliphatic carbocycles. The van der Waals surface area contributed by atoms with Gasteiger partial charge in [0.1, 0.15) is 12.0 Å². The van der Waals surface area contributed by atoms with Crippen molar-refractivity contribution in [1.29, 1.82) is 0 Å². The topological polar surface area (TPSA) is 42.9 Å². The van der Waals surface area contributed by atoms with Gasteiger partial charge in [0.2, 0.25) is 0 Å². The summed E-state index contributed by atoms with van der Waals surface area (Å²) >= 11 is 1.59. The van der Waals surface area contributed by atoms with E-state index in [1.54, 1.807) is 23.6 Å². The van der Waals surface area contributed by atoms with Crippen molar-refractivity contribution in [3.05, 3.63) is 46.7 Å². The number of thiophene rings is 1. The predicted molar refractivity (Wildman–Crippen MR) is 54.4 cm³/mol. The van der Waals surface area contributed by atoms with Gasteiger partial charge in [0.25, 0.3) is 0 Å². The fourth-order valence-electron chi connectivity index (χ4n) is 1.12. The van der Waals surface area contributed by atoms with Crippen LogP contribution >= 0.6 is 11.3 Å². The zero-order valence-electron chi connectivity index (χ0n) is 7.38. The second kappa shape index (κ2) is 4.11. The lowest BCUT2D eigenvalue weighted by molar-refractivity contribution is 0.0988. The van der Waals surface area contributed by atoms with Crippen molar-refractivity contribution in [1.82, 2.24) is 9.97 Å². The van der Waals surface area contributed by atoms with Gasteiger partial charge in [-0.2, -0.15) is 11.3 Å². The van der Waals surface area contributed by atoms with Gasteiger partial charge in [-0.25, -0.2) is 9.97 Å². The highest BCUT2D eigenvalue weighted by atomic mass is 32.1. The molecule has 0 amide bonds. The van der Waals surface area contributed by atoms with Crippen LogP contribution in [0.5, 0.6) is 0 Å². The average Bonchev–Trinajstić information content (AvgIpc) is 2.72. The van der Waals surface area contributed by atoms with Crippen LogP contribution in [-0.2, 0) is 6.42 Å². The molecule has 14 heavy (non-hydrogen) atoms. The number of aromatic nitrogens is 2. The second-order valence-electron chi connectivity index (χ2n) is 2.83. The quantitative estimate of drug-likeness (QED) is 0.718. The van der Waals surface area contributed by atoms with E-state index in [1.807, 2.05) is 16.8 Å². The van der Waals surface area contributed by atoms with E-state index in [4.69, 9.17) is 0 Å². The van der Waals surface area contributed by atoms with E-state index in [0.717, 1.165) is 5.56 Å². The van der Waals surface area contributed by atoms with Crippen molar-refractivity contribution in [2.45, 2.75) is 6.42 Å². The minimum absolute atomic E-state index is 0.0331. The van der Waals surface area contributed by atoms with Crippen LogP contribution < -0.4 is 0 Å². The Labute approximate surface area is 85.5 Å². The van der Waals surface area contributed by atoms with Gasteiger partial charge in [0.05, 0.1) is 0 Å². The van der Waals surface area contributed by atoms with Crippen molar-refractivity contribution in [3.63, 3.8) is 0 Å². The van der Waals surface area contributed by atoms with Crippen LogP contribution in [0.1, 0.15) is 16.1 Å². The molecule has 2 rings (SSSR count). The first-order chi connectivity index (χ1) is 6.86. The molecule has 2 heterocycles. The van der Waals surface area contributed by atoms with E-state index in [0.29, 0.717) is 12.1 Å². The van der Waals surface area contributed by atoms with Gasteiger partial charge in [-0.15, -0.1) is 0 Å². The van der Waals surface area contributed by atoms with Gasteiger partial charge in [-0.3, -0.25) is 4.79 Å². The highest BCUT2D eigenvalue weighted by molar-refractivity contribution is 7.08. The first kappa shape index (κ1) is 9.02. The van der Waals surface area contributed by atoms with Crippen LogP contribution in [0, 0.1) is 0 Å². The summed E-state index contributed by atoms with van der Waals surface area (Å²) in [6.45, 7) is 0. The molecular weight excluding hydrogens is 196 g/mol. The summed E-state index contributed by atoms with van der Waals surface area (Å²) in [5, 5.41) is 3.93. The van der Waals surface area contributed by atoms with Crippen LogP contribution in [-0.4, -0.2) is 15.8 Å². The highest BCUT2D eigenvalue weighted by Gasteiger charge is 2.07. The Morgan fingerprint density at radius 1 is 1.43 bits per heavy atom. The molecule has 0 saturated heterocycles. The SMILES string of the molecule is O=C(Cc1ccsc1)c1ccncn1. The minimum Gasteiger partial charge on any atom is -0.292 e. The number of Topliss-reactive ketones (excluding diaryl/α,β-unsaturated/α-hetero) is 1. The Balaban J connectivity index is 2.11. The molecule has 2 aromatic rings. The number of carbonyl (C=O) groups excluding carboxylic acids is 1. The number of ketones is 1. The maximum absolute atomic E-state index is 11.6. The Kier molecular flexibility index (Phi) is 2.65. The zero-order chi connectivity index (χ0) is 9.80. The lowest BCUT2D eigenvalue weighted by Crippen LogP contribution is -2.05. The van der Waals surface area contributed by atoms with Gasteiger partial charge in [-0.05, 0) is 28.5 Å². The maximum Gasteiger partial charge on any atom is 0.185 e. The lowest BCUT2D eigenvalue weighted by atomic mass is 10.1. The molecule has 70 valence electrons. The van der Waals surface area contributed by atoms with Gasteiger partial charge < -0.3 is 0 Å². The molecule has 0 aromatic carbocycles. The van der Waals surface area contributed by atoms with Crippen molar-refractivity contribution in [3.8, 4) is 0 Å². The third kappa shape index (κ3) is 2.03. The third-order valence-electron chi connectivity index (χ3n) is 1.81. The van der Waals surface area contributed by atoms with Gasteiger partial charge in [0, 0.05) is 12.6 Å². The van der Waals surface area contributed by atoms with Crippen LogP contribution in [0.2, 0.25) is 0 Å². The third-order valence-corrected chi connectivity index (χ3v) is 2.54. The summed E-state index contributed by atoms with van der Waals surface area (Å²) in [6.07, 6.45) is 3.38. The van der Waals surface area contributed by atoms with Crippen LogP contribution in [0.25, 0.3) is 0 Å². The average molecular weight is 204 g/mol. The largest absolute Gasteiger partial charge is 0.292 e. The van der Waals surface area contributed by atoms with Gasteiger partial charge in [0.15, 0.2) is 5.78 Å². The summed E-state index contributed by atoms with van der Waals surface area (Å²) in [7, 11) is 0. The van der Waals surface area contributed by atoms with Crippen molar-refractivity contribution >= 4 is 17.1 Å². The summed E-state index contributed by atoms with van der Waals surface area (Å²) in [5.41, 5.74) is 1.52. The molecule has 0 spiro atoms. The number of carbonyl (C=O) groups is 1. The Bertz CT molecular complexity index is 411. The predicted octanol–water partition coefficient (Wildman–Crippen LogP) is 1.96. The molecule has 0 atom stereocenters. The van der Waals surface area contributed by atoms with Gasteiger partial charge >= 0.3 is 0 Å². The Morgan fingerprint density at radius 2 is 2.36 bits per heavy atom. The van der Waals surface area contributed by atoms with Crippen LogP contribution in [0.15, 0.2) is 35.4 Å². The summed E-state index contributed by atoms with van der Waals surface area (Å²) in [6, 6.07) is 3.58. The number of rotatable bonds is 3. The molecule has 0 aliphatic rings. The smallest absolute Gasteiger partial charge is 0.185 e. The van der Waals surface area contributed by atoms with Crippen molar-refractivity contribution < 1.29 is 4.79 Å². The van der Waals surface area contributed by atoms with E-state index in [2.05, 4.69) is 9.97 Å². The molecule has 0 fully saturated rings. The second-order valence-corrected chi connectivity index (χ2v) is 3.61. The summed E-state index contributed by atoms with van der Waals surface area (Å²) in [5.74, 6) is 0.0331. The first-order valence-electron chi connectivity index (χ1n) is 4.16. The molecule has 0 aliphatic heterocycles. The molecule has 0 N–H and O–H groups in total. The monoisotopic (exact) mass is 204 g/mol. The van der Waals surface area contributed by atoms with E-state index in [-0.39, 0.29) is 5.78 Å². The maximum atomic E-state index is 11.6. The molecule has 0 radical (unpaired) electrons. The summed E-state index contributed by atoms with van der Waals surface area (Å²) in [4.78, 5) is 19.3. The molecule has 0 saturated carbocycles. The zero-order valence-corrected chi connectivity index (χ0v) is 8.20. The highest BCUT2D eigenvalue weighted by Crippen LogP contribution is 2.09. The van der Waals surface area contributed by atoms with Crippen LogP contribution in [0.4, 0.5) is 0 Å². The number of hydrogen-bond acceptors (Lipinski definition) is 4. The molecular formula is C10H8N2OS. The summed E-state index contributed by atoms with van der Waals surface area (Å²) < 4.78 is 0. The van der Waals surface area contributed by atoms with E-state index >= 15 is 0 Å². The minimum atomic E-state index is 0.0331.